The molecule has 286 valence electrons. The first-order valence-electron chi connectivity index (χ1n) is 19.1. The molecule has 0 radical (unpaired) electrons. The summed E-state index contributed by atoms with van der Waals surface area (Å²) in [4.78, 5) is 56.0. The van der Waals surface area contributed by atoms with Crippen LogP contribution >= 0.6 is 0 Å². The number of hydrogen-bond donors (Lipinski definition) is 2. The predicted molar refractivity (Wildman–Crippen MR) is 204 cm³/mol. The van der Waals surface area contributed by atoms with Crippen LogP contribution in [0.4, 0.5) is 10.5 Å². The Kier molecular flexibility index (Phi) is 10.9. The number of likely N-dealkylation sites (tertiary alicyclic amines) is 1. The van der Waals surface area contributed by atoms with E-state index in [2.05, 4.69) is 38.6 Å². The van der Waals surface area contributed by atoms with Crippen LogP contribution in [0.2, 0.25) is 0 Å². The lowest BCUT2D eigenvalue weighted by Gasteiger charge is -2.42. The maximum Gasteiger partial charge on any atom is 0.407 e. The van der Waals surface area contributed by atoms with Crippen LogP contribution in [-0.4, -0.2) is 97.8 Å². The van der Waals surface area contributed by atoms with E-state index < -0.39 is 35.0 Å². The third-order valence-corrected chi connectivity index (χ3v) is 12.9. The highest BCUT2D eigenvalue weighted by atomic mass is 32.2. The molecule has 2 aromatic carbocycles. The number of nitrogens with one attached hydrogen (secondary N) is 2. The van der Waals surface area contributed by atoms with Gasteiger partial charge < -0.3 is 24.4 Å². The Labute approximate surface area is 314 Å². The van der Waals surface area contributed by atoms with Crippen LogP contribution in [0, 0.1) is 0 Å². The standard InChI is InChI=1S/C39H53N7O6S/c1-39(2,3)52-37(49)40-27-15-23-45(24-16-27)53(51)30-8-5-7-29(25-30)44-21-17-28(18-22-44)43-19-13-26(14-20-43)31-9-6-10-32-35(31)42(4)38(50)46(32)33-11-12-34(47)41-36(33)48/h5-10,25-28,33H,11-24H2,1-4H3,(H,40,49)(H,41,47,48). The average Bonchev–Trinajstić information content (AvgIpc) is 3.40. The normalized spacial score (nSPS) is 22.6. The summed E-state index contributed by atoms with van der Waals surface area (Å²) < 4.78 is 24.2. The van der Waals surface area contributed by atoms with Crippen molar-refractivity contribution in [1.29, 1.82) is 0 Å². The first-order valence-corrected chi connectivity index (χ1v) is 20.3. The van der Waals surface area contributed by atoms with Crippen LogP contribution < -0.4 is 21.2 Å². The Morgan fingerprint density at radius 3 is 2.28 bits per heavy atom. The Balaban J connectivity index is 0.917. The van der Waals surface area contributed by atoms with E-state index in [0.29, 0.717) is 31.5 Å². The largest absolute Gasteiger partial charge is 0.593 e. The second-order valence-corrected chi connectivity index (χ2v) is 17.5. The molecule has 53 heavy (non-hydrogen) atoms. The fourth-order valence-electron chi connectivity index (χ4n) is 8.67. The predicted octanol–water partition coefficient (Wildman–Crippen LogP) is 4.18. The molecule has 1 aromatic heterocycles. The first-order chi connectivity index (χ1) is 25.4. The van der Waals surface area contributed by atoms with Crippen molar-refractivity contribution >= 4 is 46.0 Å². The van der Waals surface area contributed by atoms with Gasteiger partial charge in [-0.2, -0.15) is 0 Å². The van der Waals surface area contributed by atoms with Gasteiger partial charge in [-0.1, -0.05) is 18.2 Å². The molecule has 4 saturated heterocycles. The number of ether oxygens (including phenoxy) is 1. The number of piperidine rings is 4. The van der Waals surface area contributed by atoms with Gasteiger partial charge in [0.1, 0.15) is 11.6 Å². The summed E-state index contributed by atoms with van der Waals surface area (Å²) >= 11 is -1.27. The lowest BCUT2D eigenvalue weighted by atomic mass is 9.87. The number of aromatic nitrogens is 2. The number of amides is 3. The maximum atomic E-state index is 13.6. The topological polar surface area (TPSA) is 144 Å². The van der Waals surface area contributed by atoms with E-state index in [1.165, 1.54) is 0 Å². The Morgan fingerprint density at radius 1 is 0.906 bits per heavy atom. The molecule has 4 fully saturated rings. The molecule has 13 nitrogen and oxygen atoms in total. The highest BCUT2D eigenvalue weighted by molar-refractivity contribution is 7.89. The van der Waals surface area contributed by atoms with Gasteiger partial charge in [0, 0.05) is 63.5 Å². The number of imidazole rings is 1. The number of carbonyl (C=O) groups is 3. The zero-order valence-corrected chi connectivity index (χ0v) is 32.2. The number of anilines is 1. The molecule has 0 saturated carbocycles. The summed E-state index contributed by atoms with van der Waals surface area (Å²) in [6.07, 6.45) is 5.73. The van der Waals surface area contributed by atoms with E-state index in [1.54, 1.807) is 16.2 Å². The zero-order valence-electron chi connectivity index (χ0n) is 31.3. The molecular formula is C39H53N7O6S. The van der Waals surface area contributed by atoms with Crippen LogP contribution in [0.15, 0.2) is 52.2 Å². The summed E-state index contributed by atoms with van der Waals surface area (Å²) in [7, 11) is 1.78. The van der Waals surface area contributed by atoms with Gasteiger partial charge >= 0.3 is 11.8 Å². The minimum Gasteiger partial charge on any atom is -0.593 e. The van der Waals surface area contributed by atoms with Crippen molar-refractivity contribution in [3.8, 4) is 0 Å². The maximum absolute atomic E-state index is 13.6. The van der Waals surface area contributed by atoms with E-state index in [0.717, 1.165) is 91.9 Å². The van der Waals surface area contributed by atoms with Crippen molar-refractivity contribution in [1.82, 2.24) is 29.0 Å². The number of para-hydroxylation sites is 1. The third kappa shape index (κ3) is 8.15. The fraction of sp³-hybridized carbons (Fsp3) is 0.590. The van der Waals surface area contributed by atoms with Crippen LogP contribution in [0.3, 0.4) is 0 Å². The summed E-state index contributed by atoms with van der Waals surface area (Å²) in [5.41, 5.74) is 3.14. The molecule has 2 N–H and O–H groups in total. The smallest absolute Gasteiger partial charge is 0.407 e. The van der Waals surface area contributed by atoms with Gasteiger partial charge in [-0.15, -0.1) is 4.31 Å². The number of carbonyl (C=O) groups excluding carboxylic acids is 3. The highest BCUT2D eigenvalue weighted by Crippen LogP contribution is 2.36. The molecule has 0 spiro atoms. The van der Waals surface area contributed by atoms with Crippen LogP contribution in [0.1, 0.15) is 89.7 Å². The van der Waals surface area contributed by atoms with Gasteiger partial charge in [-0.25, -0.2) is 9.59 Å². The lowest BCUT2D eigenvalue weighted by molar-refractivity contribution is -0.135. The minimum atomic E-state index is -1.27. The number of nitrogens with zero attached hydrogens (tertiary/aromatic N) is 5. The molecule has 14 heteroatoms. The molecule has 3 amide bonds. The first kappa shape index (κ1) is 37.5. The number of imide groups is 1. The van der Waals surface area contributed by atoms with E-state index in [1.807, 2.05) is 49.3 Å². The van der Waals surface area contributed by atoms with Crippen molar-refractivity contribution in [3.63, 3.8) is 0 Å². The van der Waals surface area contributed by atoms with Gasteiger partial charge in [0.2, 0.25) is 11.8 Å². The molecule has 4 aliphatic heterocycles. The third-order valence-electron chi connectivity index (χ3n) is 11.4. The summed E-state index contributed by atoms with van der Waals surface area (Å²) in [5.74, 6) is -0.389. The number of aryl methyl sites for hydroxylation is 1. The SMILES string of the molecule is Cn1c(=O)n(C2CCC(=O)NC2=O)c2cccc(C3CCN(C4CCN(c5cccc([S+]([O-])N6CCC(NC(=O)OC(C)(C)C)CC6)c5)CC4)CC3)c21. The Morgan fingerprint density at radius 2 is 1.60 bits per heavy atom. The summed E-state index contributed by atoms with van der Waals surface area (Å²) in [6, 6.07) is 14.0. The molecule has 0 aliphatic carbocycles. The molecule has 2 atom stereocenters. The molecule has 2 unspecified atom stereocenters. The van der Waals surface area contributed by atoms with E-state index in [-0.39, 0.29) is 24.1 Å². The quantitative estimate of drug-likeness (QED) is 0.269. The van der Waals surface area contributed by atoms with Gasteiger partial charge in [0.15, 0.2) is 4.90 Å². The molecular weight excluding hydrogens is 695 g/mol. The van der Waals surface area contributed by atoms with E-state index >= 15 is 0 Å². The molecule has 5 heterocycles. The molecule has 7 rings (SSSR count). The fourth-order valence-corrected chi connectivity index (χ4v) is 9.93. The van der Waals surface area contributed by atoms with Crippen molar-refractivity contribution in [2.45, 2.75) is 107 Å². The zero-order chi connectivity index (χ0) is 37.4. The number of alkyl carbamates (subject to hydrolysis) is 1. The van der Waals surface area contributed by atoms with Crippen LogP contribution in [0.5, 0.6) is 0 Å². The van der Waals surface area contributed by atoms with E-state index in [9.17, 15) is 23.7 Å². The van der Waals surface area contributed by atoms with Gasteiger partial charge in [-0.3, -0.25) is 24.0 Å². The second kappa shape index (κ2) is 15.5. The lowest BCUT2D eigenvalue weighted by Crippen LogP contribution is -2.48. The average molecular weight is 748 g/mol. The minimum absolute atomic E-state index is 0.0146. The van der Waals surface area contributed by atoms with Crippen LogP contribution in [-0.2, 0) is 32.7 Å². The molecule has 0 bridgehead atoms. The van der Waals surface area contributed by atoms with Gasteiger partial charge in [0.25, 0.3) is 0 Å². The summed E-state index contributed by atoms with van der Waals surface area (Å²) in [6.45, 7) is 10.7. The van der Waals surface area contributed by atoms with Crippen molar-refractivity contribution in [2.75, 3.05) is 44.2 Å². The van der Waals surface area contributed by atoms with Crippen molar-refractivity contribution < 1.29 is 23.7 Å². The number of rotatable bonds is 7. The molecule has 3 aromatic rings. The number of benzene rings is 2. The summed E-state index contributed by atoms with van der Waals surface area (Å²) in [5, 5.41) is 5.36. The number of hydrogen-bond acceptors (Lipinski definition) is 9. The van der Waals surface area contributed by atoms with E-state index in [4.69, 9.17) is 4.74 Å². The van der Waals surface area contributed by atoms with Crippen molar-refractivity contribution in [2.24, 2.45) is 7.05 Å². The monoisotopic (exact) mass is 747 g/mol. The Hall–Kier alpha value is -3.85. The Bertz CT molecular complexity index is 1880. The molecule has 4 aliphatic rings. The van der Waals surface area contributed by atoms with Gasteiger partial charge in [-0.05, 0) is 108 Å². The number of fused-ring (bicyclic) bond motifs is 1. The second-order valence-electron chi connectivity index (χ2n) is 16.0. The van der Waals surface area contributed by atoms with Gasteiger partial charge in [0.05, 0.1) is 22.4 Å². The van der Waals surface area contributed by atoms with Crippen molar-refractivity contribution in [3.05, 3.63) is 58.5 Å². The highest BCUT2D eigenvalue weighted by Gasteiger charge is 2.35. The van der Waals surface area contributed by atoms with Crippen LogP contribution in [0.25, 0.3) is 11.0 Å².